The van der Waals surface area contributed by atoms with E-state index in [4.69, 9.17) is 9.84 Å². The Bertz CT molecular complexity index is 896. The van der Waals surface area contributed by atoms with E-state index in [1.807, 2.05) is 51.1 Å². The number of hydrogen-bond acceptors (Lipinski definition) is 4. The summed E-state index contributed by atoms with van der Waals surface area (Å²) in [6.45, 7) is 13.0. The zero-order chi connectivity index (χ0) is 23.2. The number of methoxy groups -OCH3 is 1. The Labute approximate surface area is 185 Å². The summed E-state index contributed by atoms with van der Waals surface area (Å²) < 4.78 is 6.85. The number of rotatable bonds is 9. The van der Waals surface area contributed by atoms with Gasteiger partial charge in [-0.05, 0) is 31.0 Å². The van der Waals surface area contributed by atoms with E-state index in [0.29, 0.717) is 25.4 Å². The van der Waals surface area contributed by atoms with Gasteiger partial charge in [0.2, 0.25) is 11.8 Å². The third-order valence-electron chi connectivity index (χ3n) is 4.91. The second kappa shape index (κ2) is 10.6. The minimum atomic E-state index is -0.249. The van der Waals surface area contributed by atoms with Crippen molar-refractivity contribution in [3.8, 4) is 5.69 Å². The molecule has 1 N–H and O–H groups in total. The predicted octanol–water partition coefficient (Wildman–Crippen LogP) is 3.94. The molecule has 0 unspecified atom stereocenters. The van der Waals surface area contributed by atoms with Gasteiger partial charge in [0.15, 0.2) is 0 Å². The zero-order valence-electron chi connectivity index (χ0n) is 19.9. The lowest BCUT2D eigenvalue weighted by molar-refractivity contribution is -0.137. The van der Waals surface area contributed by atoms with E-state index in [-0.39, 0.29) is 29.7 Å². The van der Waals surface area contributed by atoms with E-state index in [0.717, 1.165) is 16.9 Å². The van der Waals surface area contributed by atoms with Gasteiger partial charge in [-0.2, -0.15) is 5.10 Å². The molecule has 2 aromatic rings. The number of aryl methyl sites for hydroxylation is 1. The van der Waals surface area contributed by atoms with Crippen molar-refractivity contribution in [1.29, 1.82) is 0 Å². The fourth-order valence-electron chi connectivity index (χ4n) is 3.18. The molecule has 7 heteroatoms. The molecule has 0 spiro atoms. The van der Waals surface area contributed by atoms with Crippen LogP contribution >= 0.6 is 0 Å². The van der Waals surface area contributed by atoms with Crippen molar-refractivity contribution in [2.24, 2.45) is 5.92 Å². The summed E-state index contributed by atoms with van der Waals surface area (Å²) in [7, 11) is 1.63. The minimum Gasteiger partial charge on any atom is -0.385 e. The Balaban J connectivity index is 2.27. The molecule has 31 heavy (non-hydrogen) atoms. The maximum absolute atomic E-state index is 12.9. The average Bonchev–Trinajstić information content (AvgIpc) is 3.11. The summed E-state index contributed by atoms with van der Waals surface area (Å²) in [6.07, 6.45) is 0.678. The Morgan fingerprint density at radius 2 is 1.94 bits per heavy atom. The van der Waals surface area contributed by atoms with Gasteiger partial charge in [-0.15, -0.1) is 0 Å². The van der Waals surface area contributed by atoms with Gasteiger partial charge in [0, 0.05) is 37.7 Å². The molecule has 1 aromatic heterocycles. The van der Waals surface area contributed by atoms with Crippen LogP contribution in [0, 0.1) is 12.8 Å². The largest absolute Gasteiger partial charge is 0.385 e. The quantitative estimate of drug-likeness (QED) is 0.614. The second-order valence-corrected chi connectivity index (χ2v) is 9.22. The van der Waals surface area contributed by atoms with Crippen LogP contribution in [0.2, 0.25) is 0 Å². The van der Waals surface area contributed by atoms with Crippen LogP contribution in [0.3, 0.4) is 0 Å². The molecule has 0 saturated heterocycles. The average molecular weight is 429 g/mol. The molecule has 2 amide bonds. The van der Waals surface area contributed by atoms with E-state index in [1.54, 1.807) is 16.7 Å². The molecular weight excluding hydrogens is 392 g/mol. The lowest BCUT2D eigenvalue weighted by atomic mass is 9.92. The molecule has 0 bridgehead atoms. The predicted molar refractivity (Wildman–Crippen MR) is 124 cm³/mol. The lowest BCUT2D eigenvalue weighted by Crippen LogP contribution is -2.41. The summed E-state index contributed by atoms with van der Waals surface area (Å²) in [5, 5.41) is 7.73. The Kier molecular flexibility index (Phi) is 8.39. The van der Waals surface area contributed by atoms with Gasteiger partial charge in [0.05, 0.1) is 17.9 Å². The number of anilines is 1. The third kappa shape index (κ3) is 6.92. The van der Waals surface area contributed by atoms with Crippen LogP contribution in [-0.2, 0) is 19.7 Å². The number of hydrogen-bond donors (Lipinski definition) is 1. The molecule has 170 valence electrons. The van der Waals surface area contributed by atoms with Gasteiger partial charge >= 0.3 is 0 Å². The van der Waals surface area contributed by atoms with E-state index in [2.05, 4.69) is 26.1 Å². The number of amides is 2. The second-order valence-electron chi connectivity index (χ2n) is 9.22. The normalized spacial score (nSPS) is 11.6. The fraction of sp³-hybridized carbons (Fsp3) is 0.542. The van der Waals surface area contributed by atoms with E-state index in [9.17, 15) is 9.59 Å². The first-order valence-electron chi connectivity index (χ1n) is 10.8. The number of aromatic nitrogens is 2. The minimum absolute atomic E-state index is 0.00935. The van der Waals surface area contributed by atoms with E-state index < -0.39 is 0 Å². The van der Waals surface area contributed by atoms with Crippen molar-refractivity contribution in [1.82, 2.24) is 14.7 Å². The number of carbonyl (C=O) groups excluding carboxylic acids is 2. The van der Waals surface area contributed by atoms with Crippen molar-refractivity contribution < 1.29 is 14.3 Å². The molecule has 1 aromatic carbocycles. The summed E-state index contributed by atoms with van der Waals surface area (Å²) in [5.41, 5.74) is 2.68. The van der Waals surface area contributed by atoms with Crippen molar-refractivity contribution in [2.45, 2.75) is 53.4 Å². The van der Waals surface area contributed by atoms with Crippen molar-refractivity contribution in [3.63, 3.8) is 0 Å². The number of carbonyl (C=O) groups is 2. The van der Waals surface area contributed by atoms with Gasteiger partial charge < -0.3 is 15.0 Å². The standard InChI is InChI=1S/C24H36N4O3/c1-17(2)23(30)27(12-9-13-31-7)16-22(29)25-21-15-20(24(4,5)6)26-28(21)19-11-8-10-18(3)14-19/h8,10-11,14-15,17H,9,12-13,16H2,1-7H3,(H,25,29). The van der Waals surface area contributed by atoms with Crippen molar-refractivity contribution in [3.05, 3.63) is 41.6 Å². The van der Waals surface area contributed by atoms with Gasteiger partial charge in [-0.3, -0.25) is 9.59 Å². The SMILES string of the molecule is COCCCN(CC(=O)Nc1cc(C(C)(C)C)nn1-c1cccc(C)c1)C(=O)C(C)C. The molecule has 0 atom stereocenters. The van der Waals surface area contributed by atoms with E-state index >= 15 is 0 Å². The van der Waals surface area contributed by atoms with Gasteiger partial charge in [-0.1, -0.05) is 46.8 Å². The fourth-order valence-corrected chi connectivity index (χ4v) is 3.18. The van der Waals surface area contributed by atoms with Crippen LogP contribution in [0.15, 0.2) is 30.3 Å². The Morgan fingerprint density at radius 3 is 2.52 bits per heavy atom. The molecule has 0 aliphatic rings. The molecule has 0 aliphatic heterocycles. The summed E-state index contributed by atoms with van der Waals surface area (Å²) in [5.74, 6) is 0.115. The number of benzene rings is 1. The van der Waals surface area contributed by atoms with Crippen molar-refractivity contribution in [2.75, 3.05) is 32.1 Å². The first-order valence-corrected chi connectivity index (χ1v) is 10.8. The highest BCUT2D eigenvalue weighted by Gasteiger charge is 2.23. The summed E-state index contributed by atoms with van der Waals surface area (Å²) in [6, 6.07) is 9.87. The first-order chi connectivity index (χ1) is 14.5. The molecule has 0 fully saturated rings. The highest BCUT2D eigenvalue weighted by Crippen LogP contribution is 2.26. The maximum Gasteiger partial charge on any atom is 0.245 e. The monoisotopic (exact) mass is 428 g/mol. The van der Waals surface area contributed by atoms with E-state index in [1.165, 1.54) is 0 Å². The smallest absolute Gasteiger partial charge is 0.245 e. The molecule has 0 aliphatic carbocycles. The first kappa shape index (κ1) is 24.6. The van der Waals surface area contributed by atoms with Gasteiger partial charge in [0.25, 0.3) is 0 Å². The lowest BCUT2D eigenvalue weighted by Gasteiger charge is -2.24. The highest BCUT2D eigenvalue weighted by molar-refractivity contribution is 5.94. The molecule has 0 radical (unpaired) electrons. The van der Waals surface area contributed by atoms with Gasteiger partial charge in [-0.25, -0.2) is 4.68 Å². The Hall–Kier alpha value is -2.67. The zero-order valence-corrected chi connectivity index (χ0v) is 19.9. The maximum atomic E-state index is 12.9. The molecule has 2 rings (SSSR count). The molecule has 7 nitrogen and oxygen atoms in total. The summed E-state index contributed by atoms with van der Waals surface area (Å²) >= 11 is 0. The van der Waals surface area contributed by atoms with Crippen LogP contribution in [0.4, 0.5) is 5.82 Å². The third-order valence-corrected chi connectivity index (χ3v) is 4.91. The van der Waals surface area contributed by atoms with Crippen LogP contribution in [-0.4, -0.2) is 53.3 Å². The van der Waals surface area contributed by atoms with Crippen LogP contribution in [0.1, 0.15) is 52.3 Å². The topological polar surface area (TPSA) is 76.5 Å². The molecule has 1 heterocycles. The van der Waals surface area contributed by atoms with Gasteiger partial charge in [0.1, 0.15) is 5.82 Å². The summed E-state index contributed by atoms with van der Waals surface area (Å²) in [4.78, 5) is 27.1. The highest BCUT2D eigenvalue weighted by atomic mass is 16.5. The number of nitrogens with zero attached hydrogens (tertiary/aromatic N) is 3. The Morgan fingerprint density at radius 1 is 1.23 bits per heavy atom. The van der Waals surface area contributed by atoms with Crippen LogP contribution in [0.5, 0.6) is 0 Å². The van der Waals surface area contributed by atoms with Crippen molar-refractivity contribution >= 4 is 17.6 Å². The van der Waals surface area contributed by atoms with Crippen LogP contribution < -0.4 is 5.32 Å². The number of nitrogens with one attached hydrogen (secondary N) is 1. The molecule has 0 saturated carbocycles. The van der Waals surface area contributed by atoms with Crippen LogP contribution in [0.25, 0.3) is 5.69 Å². The molecular formula is C24H36N4O3. The number of ether oxygens (including phenoxy) is 1.